The lowest BCUT2D eigenvalue weighted by Crippen LogP contribution is -2.50. The Morgan fingerprint density at radius 3 is 2.24 bits per heavy atom. The van der Waals surface area contributed by atoms with Crippen molar-refractivity contribution >= 4 is 23.9 Å². The van der Waals surface area contributed by atoms with Gasteiger partial charge in [0, 0.05) is 5.92 Å². The number of nitrogens with one attached hydrogen (secondary N) is 2. The number of aliphatic carboxylic acids is 1. The van der Waals surface area contributed by atoms with E-state index in [1.807, 2.05) is 59.3 Å². The molecule has 0 radical (unpaired) electrons. The highest BCUT2D eigenvalue weighted by molar-refractivity contribution is 5.94. The van der Waals surface area contributed by atoms with Crippen molar-refractivity contribution in [3.63, 3.8) is 0 Å². The van der Waals surface area contributed by atoms with Gasteiger partial charge in [0.15, 0.2) is 6.04 Å². The summed E-state index contributed by atoms with van der Waals surface area (Å²) >= 11 is 0. The molecule has 2 aromatic rings. The van der Waals surface area contributed by atoms with Crippen LogP contribution in [0.1, 0.15) is 29.9 Å². The average molecular weight is 473 g/mol. The molecule has 0 bridgehead atoms. The first-order valence-corrected chi connectivity index (χ1v) is 10.5. The third-order valence-electron chi connectivity index (χ3n) is 5.83. The number of nitrogens with zero attached hydrogens (tertiary/aromatic N) is 1. The minimum absolute atomic E-state index is 0.104. The summed E-state index contributed by atoms with van der Waals surface area (Å²) in [6, 6.07) is 11.8. The van der Waals surface area contributed by atoms with Gasteiger partial charge in [0.2, 0.25) is 11.8 Å². The van der Waals surface area contributed by atoms with Crippen molar-refractivity contribution < 1.29 is 37.8 Å². The number of halogens is 2. The summed E-state index contributed by atoms with van der Waals surface area (Å²) in [5, 5.41) is 11.6. The third kappa shape index (κ3) is 4.54. The summed E-state index contributed by atoms with van der Waals surface area (Å²) in [5.74, 6) is -3.52. The lowest BCUT2D eigenvalue weighted by molar-refractivity contribution is -0.151. The van der Waals surface area contributed by atoms with Gasteiger partial charge < -0.3 is 15.2 Å². The van der Waals surface area contributed by atoms with Crippen LogP contribution >= 0.6 is 0 Å². The van der Waals surface area contributed by atoms with Gasteiger partial charge in [0.25, 0.3) is 6.43 Å². The summed E-state index contributed by atoms with van der Waals surface area (Å²) in [6.45, 7) is -0.104. The van der Waals surface area contributed by atoms with Crippen molar-refractivity contribution in [3.05, 3.63) is 59.7 Å². The van der Waals surface area contributed by atoms with Crippen molar-refractivity contribution in [2.45, 2.75) is 37.3 Å². The highest BCUT2D eigenvalue weighted by atomic mass is 19.3. The number of carboxylic acids is 1. The van der Waals surface area contributed by atoms with Crippen LogP contribution in [0.4, 0.5) is 13.6 Å². The van der Waals surface area contributed by atoms with Crippen molar-refractivity contribution in [3.8, 4) is 11.1 Å². The molecule has 0 saturated carbocycles. The Morgan fingerprint density at radius 2 is 1.68 bits per heavy atom. The SMILES string of the molecule is O=C1CC(C(=O)O)N(C(=O)CC(NC(=O)OCC2c3ccccc3-c3ccccc32)C(F)F)N1. The minimum Gasteiger partial charge on any atom is -0.480 e. The molecule has 2 aliphatic rings. The van der Waals surface area contributed by atoms with Gasteiger partial charge in [-0.05, 0) is 22.3 Å². The fourth-order valence-electron chi connectivity index (χ4n) is 4.24. The van der Waals surface area contributed by atoms with Crippen molar-refractivity contribution in [2.75, 3.05) is 6.61 Å². The van der Waals surface area contributed by atoms with Crippen LogP contribution in [0.2, 0.25) is 0 Å². The standard InChI is InChI=1S/C23H21F2N3O6/c24-21(25)17(9-20(30)28-18(22(31)32)10-19(29)27-28)26-23(33)34-11-16-14-7-3-1-5-12(14)13-6-2-4-8-15(13)16/h1-8,16-18,21H,9-11H2,(H,26,33)(H,27,29)(H,31,32). The average Bonchev–Trinajstić information content (AvgIpc) is 3.35. The molecule has 0 aromatic heterocycles. The Bertz CT molecular complexity index is 1100. The molecule has 1 aliphatic carbocycles. The number of hydrogen-bond donors (Lipinski definition) is 3. The van der Waals surface area contributed by atoms with E-state index in [1.165, 1.54) is 0 Å². The molecular formula is C23H21F2N3O6. The summed E-state index contributed by atoms with van der Waals surface area (Å²) in [4.78, 5) is 47.3. The fraction of sp³-hybridized carbons (Fsp3) is 0.304. The van der Waals surface area contributed by atoms with Crippen molar-refractivity contribution in [1.82, 2.24) is 15.8 Å². The molecule has 4 rings (SSSR count). The molecule has 0 spiro atoms. The first-order chi connectivity index (χ1) is 16.3. The van der Waals surface area contributed by atoms with E-state index in [1.54, 1.807) is 0 Å². The molecule has 2 unspecified atom stereocenters. The number of carbonyl (C=O) groups excluding carboxylic acids is 3. The zero-order valence-electron chi connectivity index (χ0n) is 17.7. The van der Waals surface area contributed by atoms with Crippen molar-refractivity contribution in [1.29, 1.82) is 0 Å². The van der Waals surface area contributed by atoms with Crippen LogP contribution in [0.25, 0.3) is 11.1 Å². The van der Waals surface area contributed by atoms with Gasteiger partial charge in [-0.15, -0.1) is 0 Å². The minimum atomic E-state index is -3.13. The van der Waals surface area contributed by atoms with Gasteiger partial charge in [-0.3, -0.25) is 15.0 Å². The van der Waals surface area contributed by atoms with Crippen LogP contribution < -0.4 is 10.7 Å². The number of alkyl halides is 2. The topological polar surface area (TPSA) is 125 Å². The number of hydrogen-bond acceptors (Lipinski definition) is 5. The Labute approximate surface area is 192 Å². The number of carbonyl (C=O) groups is 4. The lowest BCUT2D eigenvalue weighted by atomic mass is 9.98. The first kappa shape index (κ1) is 23.1. The molecule has 2 atom stereocenters. The predicted molar refractivity (Wildman–Crippen MR) is 114 cm³/mol. The van der Waals surface area contributed by atoms with Crippen LogP contribution in [0, 0.1) is 0 Å². The van der Waals surface area contributed by atoms with Crippen molar-refractivity contribution in [2.24, 2.45) is 0 Å². The smallest absolute Gasteiger partial charge is 0.407 e. The van der Waals surface area contributed by atoms with Crippen LogP contribution in [0.15, 0.2) is 48.5 Å². The van der Waals surface area contributed by atoms with Gasteiger partial charge in [-0.25, -0.2) is 23.4 Å². The largest absolute Gasteiger partial charge is 0.480 e. The maximum absolute atomic E-state index is 13.5. The monoisotopic (exact) mass is 473 g/mol. The number of hydrazine groups is 1. The molecule has 1 saturated heterocycles. The number of carboxylic acid groups (broad SMARTS) is 1. The predicted octanol–water partition coefficient (Wildman–Crippen LogP) is 2.27. The lowest BCUT2D eigenvalue weighted by Gasteiger charge is -2.24. The summed E-state index contributed by atoms with van der Waals surface area (Å²) < 4.78 is 32.3. The molecular weight excluding hydrogens is 452 g/mol. The highest BCUT2D eigenvalue weighted by Crippen LogP contribution is 2.44. The third-order valence-corrected chi connectivity index (χ3v) is 5.83. The van der Waals surface area contributed by atoms with E-state index in [4.69, 9.17) is 9.84 Å². The van der Waals surface area contributed by atoms with E-state index in [2.05, 4.69) is 0 Å². The van der Waals surface area contributed by atoms with Gasteiger partial charge in [0.05, 0.1) is 12.8 Å². The quantitative estimate of drug-likeness (QED) is 0.567. The first-order valence-electron chi connectivity index (χ1n) is 10.5. The molecule has 178 valence electrons. The Balaban J connectivity index is 1.39. The van der Waals surface area contributed by atoms with E-state index in [0.29, 0.717) is 5.01 Å². The Hall–Kier alpha value is -4.02. The van der Waals surface area contributed by atoms with E-state index >= 15 is 0 Å². The number of rotatable bonds is 7. The molecule has 1 aliphatic heterocycles. The molecule has 1 fully saturated rings. The number of benzene rings is 2. The maximum atomic E-state index is 13.5. The normalized spacial score (nSPS) is 17.7. The fourth-order valence-corrected chi connectivity index (χ4v) is 4.24. The van der Waals surface area contributed by atoms with Crippen LogP contribution in [0.3, 0.4) is 0 Å². The molecule has 3 amide bonds. The Morgan fingerprint density at radius 1 is 1.09 bits per heavy atom. The van der Waals surface area contributed by atoms with Crippen LogP contribution in [0.5, 0.6) is 0 Å². The molecule has 34 heavy (non-hydrogen) atoms. The second-order valence-corrected chi connectivity index (χ2v) is 7.97. The number of amides is 3. The van der Waals surface area contributed by atoms with E-state index in [-0.39, 0.29) is 12.5 Å². The van der Waals surface area contributed by atoms with Crippen LogP contribution in [-0.4, -0.2) is 59.1 Å². The molecule has 1 heterocycles. The van der Waals surface area contributed by atoms with Gasteiger partial charge in [-0.2, -0.15) is 0 Å². The van der Waals surface area contributed by atoms with Gasteiger partial charge in [-0.1, -0.05) is 48.5 Å². The molecule has 2 aromatic carbocycles. The Kier molecular flexibility index (Phi) is 6.44. The van der Waals surface area contributed by atoms with E-state index in [9.17, 15) is 28.0 Å². The molecule has 9 nitrogen and oxygen atoms in total. The number of alkyl carbamates (subject to hydrolysis) is 1. The summed E-state index contributed by atoms with van der Waals surface area (Å²) in [6.07, 6.45) is -5.68. The molecule has 11 heteroatoms. The second kappa shape index (κ2) is 9.46. The zero-order valence-corrected chi connectivity index (χ0v) is 17.7. The van der Waals surface area contributed by atoms with Crippen LogP contribution in [-0.2, 0) is 19.1 Å². The maximum Gasteiger partial charge on any atom is 0.407 e. The summed E-state index contributed by atoms with van der Waals surface area (Å²) in [7, 11) is 0. The van der Waals surface area contributed by atoms with Gasteiger partial charge in [0.1, 0.15) is 12.6 Å². The summed E-state index contributed by atoms with van der Waals surface area (Å²) in [5.41, 5.74) is 5.94. The number of fused-ring (bicyclic) bond motifs is 3. The van der Waals surface area contributed by atoms with Gasteiger partial charge >= 0.3 is 12.1 Å². The molecule has 3 N–H and O–H groups in total. The van der Waals surface area contributed by atoms with E-state index in [0.717, 1.165) is 22.3 Å². The zero-order chi connectivity index (χ0) is 24.4. The van der Waals surface area contributed by atoms with E-state index < -0.39 is 55.2 Å². The second-order valence-electron chi connectivity index (χ2n) is 7.97. The number of ether oxygens (including phenoxy) is 1. The highest BCUT2D eigenvalue weighted by Gasteiger charge is 2.40.